The lowest BCUT2D eigenvalue weighted by molar-refractivity contribution is -0.384. The van der Waals surface area contributed by atoms with E-state index in [0.29, 0.717) is 54.7 Å². The van der Waals surface area contributed by atoms with Gasteiger partial charge in [0, 0.05) is 30.4 Å². The van der Waals surface area contributed by atoms with Crippen molar-refractivity contribution in [3.8, 4) is 11.5 Å². The first-order valence-electron chi connectivity index (χ1n) is 9.14. The van der Waals surface area contributed by atoms with Crippen LogP contribution in [0.25, 0.3) is 0 Å². The number of anilines is 2. The molecule has 0 aliphatic carbocycles. The van der Waals surface area contributed by atoms with Crippen LogP contribution in [0.5, 0.6) is 11.5 Å². The molecule has 0 atom stereocenters. The number of fused-ring (bicyclic) bond motifs is 1. The van der Waals surface area contributed by atoms with Crippen LogP contribution in [-0.4, -0.2) is 49.0 Å². The Morgan fingerprint density at radius 2 is 1.87 bits per heavy atom. The van der Waals surface area contributed by atoms with E-state index in [2.05, 4.69) is 10.6 Å². The van der Waals surface area contributed by atoms with E-state index in [1.54, 1.807) is 30.3 Å². The average Bonchev–Trinajstić information content (AvgIpc) is 3.22. The molecule has 156 valence electrons. The minimum absolute atomic E-state index is 0.0195. The summed E-state index contributed by atoms with van der Waals surface area (Å²) in [5.41, 5.74) is 1.21. The lowest BCUT2D eigenvalue weighted by Gasteiger charge is -2.28. The number of nitro benzene ring substituents is 1. The number of morpholine rings is 1. The molecule has 10 nitrogen and oxygen atoms in total. The van der Waals surface area contributed by atoms with E-state index in [1.165, 1.54) is 6.07 Å². The number of nitrogens with one attached hydrogen (secondary N) is 2. The van der Waals surface area contributed by atoms with Gasteiger partial charge >= 0.3 is 0 Å². The first kappa shape index (κ1) is 19.9. The summed E-state index contributed by atoms with van der Waals surface area (Å²) in [6.07, 6.45) is 0. The van der Waals surface area contributed by atoms with Crippen molar-refractivity contribution in [1.82, 2.24) is 5.32 Å². The highest BCUT2D eigenvalue weighted by molar-refractivity contribution is 7.80. The molecule has 2 N–H and O–H groups in total. The first-order chi connectivity index (χ1) is 14.5. The maximum atomic E-state index is 12.4. The van der Waals surface area contributed by atoms with E-state index in [-0.39, 0.29) is 17.6 Å². The quantitative estimate of drug-likeness (QED) is 0.428. The zero-order valence-electron chi connectivity index (χ0n) is 15.8. The monoisotopic (exact) mass is 430 g/mol. The molecular formula is C19H18N4O6S. The van der Waals surface area contributed by atoms with Crippen LogP contribution in [0.4, 0.5) is 17.1 Å². The Morgan fingerprint density at radius 3 is 2.63 bits per heavy atom. The average molecular weight is 430 g/mol. The van der Waals surface area contributed by atoms with Crippen molar-refractivity contribution in [1.29, 1.82) is 0 Å². The van der Waals surface area contributed by atoms with Crippen molar-refractivity contribution >= 4 is 40.3 Å². The van der Waals surface area contributed by atoms with Gasteiger partial charge in [0.15, 0.2) is 16.6 Å². The maximum absolute atomic E-state index is 12.4. The predicted molar refractivity (Wildman–Crippen MR) is 112 cm³/mol. The summed E-state index contributed by atoms with van der Waals surface area (Å²) >= 11 is 5.18. The van der Waals surface area contributed by atoms with Crippen LogP contribution in [0.1, 0.15) is 10.4 Å². The number of benzene rings is 2. The van der Waals surface area contributed by atoms with Crippen LogP contribution in [-0.2, 0) is 4.74 Å². The molecule has 2 aromatic carbocycles. The molecule has 0 aromatic heterocycles. The largest absolute Gasteiger partial charge is 0.454 e. The standard InChI is InChI=1S/C19H18N4O6S/c24-18(12-1-4-16-17(9-12)29-11-28-16)21-19(30)20-13-2-3-14(15(10-13)23(25)26)22-5-7-27-8-6-22/h1-4,9-10H,5-8,11H2,(H2,20,21,24,30). The number of carbonyl (C=O) groups excluding carboxylic acids is 1. The predicted octanol–water partition coefficient (Wildman–Crippen LogP) is 2.29. The molecule has 11 heteroatoms. The smallest absolute Gasteiger partial charge is 0.294 e. The summed E-state index contributed by atoms with van der Waals surface area (Å²) in [5.74, 6) is 0.612. The highest BCUT2D eigenvalue weighted by Crippen LogP contribution is 2.33. The van der Waals surface area contributed by atoms with Crippen molar-refractivity contribution < 1.29 is 23.9 Å². The minimum atomic E-state index is -0.440. The number of nitrogens with zero attached hydrogens (tertiary/aromatic N) is 2. The third-order valence-electron chi connectivity index (χ3n) is 4.64. The molecule has 1 fully saturated rings. The molecule has 2 aliphatic rings. The van der Waals surface area contributed by atoms with Crippen molar-refractivity contribution in [2.45, 2.75) is 0 Å². The number of hydrogen-bond donors (Lipinski definition) is 2. The van der Waals surface area contributed by atoms with Crippen LogP contribution in [0.2, 0.25) is 0 Å². The zero-order valence-corrected chi connectivity index (χ0v) is 16.6. The van der Waals surface area contributed by atoms with E-state index < -0.39 is 10.8 Å². The van der Waals surface area contributed by atoms with Gasteiger partial charge in [-0.15, -0.1) is 0 Å². The summed E-state index contributed by atoms with van der Waals surface area (Å²) in [5, 5.41) is 16.9. The Balaban J connectivity index is 1.44. The second kappa shape index (κ2) is 8.51. The Bertz CT molecular complexity index is 1010. The molecule has 0 unspecified atom stereocenters. The molecule has 2 aliphatic heterocycles. The number of hydrogen-bond acceptors (Lipinski definition) is 8. The molecular weight excluding hydrogens is 412 g/mol. The van der Waals surface area contributed by atoms with Crippen LogP contribution < -0.4 is 25.0 Å². The molecule has 0 bridgehead atoms. The van der Waals surface area contributed by atoms with Gasteiger partial charge in [-0.05, 0) is 42.5 Å². The Kier molecular flexibility index (Phi) is 5.63. The van der Waals surface area contributed by atoms with Crippen LogP contribution in [0, 0.1) is 10.1 Å². The molecule has 1 amide bonds. The fourth-order valence-electron chi connectivity index (χ4n) is 3.19. The first-order valence-corrected chi connectivity index (χ1v) is 9.55. The van der Waals surface area contributed by atoms with E-state index >= 15 is 0 Å². The van der Waals surface area contributed by atoms with Gasteiger partial charge in [-0.25, -0.2) is 0 Å². The Hall–Kier alpha value is -3.44. The molecule has 0 spiro atoms. The molecule has 2 aromatic rings. The van der Waals surface area contributed by atoms with Crippen molar-refractivity contribution in [2.75, 3.05) is 43.3 Å². The highest BCUT2D eigenvalue weighted by Gasteiger charge is 2.22. The van der Waals surface area contributed by atoms with E-state index in [9.17, 15) is 14.9 Å². The van der Waals surface area contributed by atoms with Gasteiger partial charge < -0.3 is 24.4 Å². The van der Waals surface area contributed by atoms with E-state index in [4.69, 9.17) is 26.4 Å². The second-order valence-corrected chi connectivity index (χ2v) is 6.94. The van der Waals surface area contributed by atoms with Gasteiger partial charge in [0.05, 0.1) is 18.1 Å². The maximum Gasteiger partial charge on any atom is 0.294 e. The lowest BCUT2D eigenvalue weighted by Crippen LogP contribution is -2.36. The van der Waals surface area contributed by atoms with Crippen molar-refractivity contribution in [3.05, 3.63) is 52.1 Å². The number of amides is 1. The number of ether oxygens (including phenoxy) is 3. The van der Waals surface area contributed by atoms with Crippen LogP contribution in [0.15, 0.2) is 36.4 Å². The summed E-state index contributed by atoms with van der Waals surface area (Å²) < 4.78 is 15.8. The van der Waals surface area contributed by atoms with Gasteiger partial charge in [-0.1, -0.05) is 0 Å². The SMILES string of the molecule is O=C(NC(=S)Nc1ccc(N2CCOCC2)c([N+](=O)[O-])c1)c1ccc2c(c1)OCO2. The van der Waals surface area contributed by atoms with Gasteiger partial charge in [0.2, 0.25) is 6.79 Å². The lowest BCUT2D eigenvalue weighted by atomic mass is 10.2. The third-order valence-corrected chi connectivity index (χ3v) is 4.85. The number of thiocarbonyl (C=S) groups is 1. The Labute approximate surface area is 176 Å². The fourth-order valence-corrected chi connectivity index (χ4v) is 3.41. The molecule has 4 rings (SSSR count). The number of carbonyl (C=O) groups is 1. The molecule has 30 heavy (non-hydrogen) atoms. The van der Waals surface area contributed by atoms with Crippen LogP contribution in [0.3, 0.4) is 0 Å². The third kappa shape index (κ3) is 4.26. The summed E-state index contributed by atoms with van der Waals surface area (Å²) in [6.45, 7) is 2.31. The van der Waals surface area contributed by atoms with Gasteiger partial charge in [0.1, 0.15) is 5.69 Å². The Morgan fingerprint density at radius 1 is 1.10 bits per heavy atom. The molecule has 0 saturated carbocycles. The number of rotatable bonds is 4. The van der Waals surface area contributed by atoms with E-state index in [1.807, 2.05) is 4.90 Å². The summed E-state index contributed by atoms with van der Waals surface area (Å²) in [6, 6.07) is 9.52. The summed E-state index contributed by atoms with van der Waals surface area (Å²) in [7, 11) is 0. The second-order valence-electron chi connectivity index (χ2n) is 6.54. The van der Waals surface area contributed by atoms with Crippen molar-refractivity contribution in [2.24, 2.45) is 0 Å². The fraction of sp³-hybridized carbons (Fsp3) is 0.263. The van der Waals surface area contributed by atoms with E-state index in [0.717, 1.165) is 0 Å². The topological polar surface area (TPSA) is 115 Å². The van der Waals surface area contributed by atoms with Gasteiger partial charge in [-0.3, -0.25) is 20.2 Å². The highest BCUT2D eigenvalue weighted by atomic mass is 32.1. The molecule has 1 saturated heterocycles. The van der Waals surface area contributed by atoms with Gasteiger partial charge in [0.25, 0.3) is 11.6 Å². The minimum Gasteiger partial charge on any atom is -0.454 e. The molecule has 0 radical (unpaired) electrons. The van der Waals surface area contributed by atoms with Crippen LogP contribution >= 0.6 is 12.2 Å². The summed E-state index contributed by atoms with van der Waals surface area (Å²) in [4.78, 5) is 25.4. The van der Waals surface area contributed by atoms with Gasteiger partial charge in [-0.2, -0.15) is 0 Å². The van der Waals surface area contributed by atoms with Crippen molar-refractivity contribution in [3.63, 3.8) is 0 Å². The molecule has 2 heterocycles. The zero-order chi connectivity index (χ0) is 21.1. The number of nitro groups is 1. The normalized spacial score (nSPS) is 14.9.